The number of aromatic amines is 2. The molecule has 0 saturated heterocycles. The minimum absolute atomic E-state index is 0.0719. The highest BCUT2D eigenvalue weighted by molar-refractivity contribution is 5.95. The van der Waals surface area contributed by atoms with E-state index >= 15 is 0 Å². The van der Waals surface area contributed by atoms with E-state index in [1.165, 1.54) is 0 Å². The molecular formula is C27H26N10. The Balaban J connectivity index is 1.40. The Morgan fingerprint density at radius 1 is 1.05 bits per heavy atom. The third kappa shape index (κ3) is 4.12. The zero-order valence-electron chi connectivity index (χ0n) is 21.0. The Morgan fingerprint density at radius 2 is 1.92 bits per heavy atom. The molecule has 6 aromatic heterocycles. The molecule has 0 unspecified atom stereocenters. The standard InChI is InChI=1S/C27H26N10/c1-15-13-37(14-31-15)26-24-20(6-7-29-26)33-25(34-24)23-19-9-21(30-12-22(19)35-36-23)17-8-18(11-28-10-17)32-16(2)27(3,4)5/h6-14,32H,2H2,1,3-5H3,(H,33,34)(H,35,36). The van der Waals surface area contributed by atoms with Gasteiger partial charge in [0.15, 0.2) is 11.6 Å². The number of nitrogens with zero attached hydrogens (tertiary/aromatic N) is 7. The van der Waals surface area contributed by atoms with E-state index in [-0.39, 0.29) is 5.41 Å². The van der Waals surface area contributed by atoms with Crippen LogP contribution in [0, 0.1) is 12.3 Å². The molecule has 6 rings (SSSR count). The van der Waals surface area contributed by atoms with Gasteiger partial charge in [-0.15, -0.1) is 0 Å². The molecule has 6 heterocycles. The SMILES string of the molecule is C=C(Nc1cncc(-c2cc3c(-c4nc5c(-n6cnc(C)c6)nccc5[nH]4)n[nH]c3cn2)c1)C(C)(C)C. The molecule has 184 valence electrons. The Kier molecular flexibility index (Phi) is 5.11. The third-order valence-electron chi connectivity index (χ3n) is 6.24. The van der Waals surface area contributed by atoms with Gasteiger partial charge in [0.1, 0.15) is 17.5 Å². The van der Waals surface area contributed by atoms with E-state index in [4.69, 9.17) is 4.98 Å². The number of H-pyrrole nitrogens is 2. The molecule has 0 aliphatic rings. The van der Waals surface area contributed by atoms with E-state index in [9.17, 15) is 0 Å². The first-order valence-corrected chi connectivity index (χ1v) is 11.9. The molecule has 37 heavy (non-hydrogen) atoms. The van der Waals surface area contributed by atoms with Crippen molar-refractivity contribution in [3.63, 3.8) is 0 Å². The van der Waals surface area contributed by atoms with E-state index in [0.29, 0.717) is 17.3 Å². The summed E-state index contributed by atoms with van der Waals surface area (Å²) in [6, 6.07) is 5.92. The van der Waals surface area contributed by atoms with Crippen LogP contribution >= 0.6 is 0 Å². The largest absolute Gasteiger partial charge is 0.358 e. The number of pyridine rings is 3. The maximum Gasteiger partial charge on any atom is 0.166 e. The molecule has 0 fully saturated rings. The predicted molar refractivity (Wildman–Crippen MR) is 144 cm³/mol. The second-order valence-electron chi connectivity index (χ2n) is 10.0. The zero-order chi connectivity index (χ0) is 25.7. The molecule has 0 aromatic carbocycles. The van der Waals surface area contributed by atoms with Crippen LogP contribution in [0.25, 0.3) is 50.5 Å². The minimum atomic E-state index is -0.0719. The van der Waals surface area contributed by atoms with Crippen molar-refractivity contribution in [1.29, 1.82) is 0 Å². The van der Waals surface area contributed by atoms with Crippen molar-refractivity contribution in [3.8, 4) is 28.6 Å². The molecule has 0 aliphatic heterocycles. The summed E-state index contributed by atoms with van der Waals surface area (Å²) < 4.78 is 1.87. The van der Waals surface area contributed by atoms with Gasteiger partial charge in [0.05, 0.1) is 40.5 Å². The molecule has 6 aromatic rings. The first-order valence-electron chi connectivity index (χ1n) is 11.9. The molecule has 0 saturated carbocycles. The summed E-state index contributed by atoms with van der Waals surface area (Å²) >= 11 is 0. The normalized spacial score (nSPS) is 11.9. The zero-order valence-corrected chi connectivity index (χ0v) is 21.0. The number of rotatable bonds is 5. The lowest BCUT2D eigenvalue weighted by Gasteiger charge is -2.23. The summed E-state index contributed by atoms with van der Waals surface area (Å²) in [6.07, 6.45) is 10.8. The summed E-state index contributed by atoms with van der Waals surface area (Å²) in [5, 5.41) is 11.9. The molecule has 0 amide bonds. The number of hydrogen-bond acceptors (Lipinski definition) is 7. The quantitative estimate of drug-likeness (QED) is 0.294. The summed E-state index contributed by atoms with van der Waals surface area (Å²) in [5.41, 5.74) is 7.38. The lowest BCUT2D eigenvalue weighted by Crippen LogP contribution is -2.15. The van der Waals surface area contributed by atoms with Gasteiger partial charge in [0.2, 0.25) is 0 Å². The molecule has 3 N–H and O–H groups in total. The summed E-state index contributed by atoms with van der Waals surface area (Å²) in [7, 11) is 0. The molecule has 0 radical (unpaired) electrons. The van der Waals surface area contributed by atoms with Gasteiger partial charge >= 0.3 is 0 Å². The molecular weight excluding hydrogens is 464 g/mol. The second-order valence-corrected chi connectivity index (χ2v) is 10.0. The molecule has 0 atom stereocenters. The number of aryl methyl sites for hydroxylation is 1. The third-order valence-corrected chi connectivity index (χ3v) is 6.24. The van der Waals surface area contributed by atoms with E-state index < -0.39 is 0 Å². The van der Waals surface area contributed by atoms with Gasteiger partial charge < -0.3 is 10.3 Å². The number of anilines is 1. The summed E-state index contributed by atoms with van der Waals surface area (Å²) in [4.78, 5) is 26.1. The van der Waals surface area contributed by atoms with Crippen LogP contribution in [0.5, 0.6) is 0 Å². The molecule has 10 heteroatoms. The van der Waals surface area contributed by atoms with Gasteiger partial charge in [-0.25, -0.2) is 15.0 Å². The van der Waals surface area contributed by atoms with E-state index in [1.807, 2.05) is 35.9 Å². The van der Waals surface area contributed by atoms with Crippen LogP contribution in [0.1, 0.15) is 26.5 Å². The smallest absolute Gasteiger partial charge is 0.166 e. The van der Waals surface area contributed by atoms with Crippen LogP contribution < -0.4 is 5.32 Å². The van der Waals surface area contributed by atoms with Gasteiger partial charge in [-0.1, -0.05) is 27.4 Å². The van der Waals surface area contributed by atoms with Crippen molar-refractivity contribution < 1.29 is 0 Å². The van der Waals surface area contributed by atoms with Crippen molar-refractivity contribution in [1.82, 2.24) is 44.7 Å². The lowest BCUT2D eigenvalue weighted by molar-refractivity contribution is 0.509. The van der Waals surface area contributed by atoms with Crippen molar-refractivity contribution >= 4 is 27.6 Å². The number of hydrogen-bond donors (Lipinski definition) is 3. The Labute approximate surface area is 213 Å². The number of allylic oxidation sites excluding steroid dienone is 1. The number of nitrogens with one attached hydrogen (secondary N) is 3. The average Bonchev–Trinajstić information content (AvgIpc) is 3.60. The van der Waals surface area contributed by atoms with Crippen LogP contribution in [0.4, 0.5) is 5.69 Å². The number of fused-ring (bicyclic) bond motifs is 2. The summed E-state index contributed by atoms with van der Waals surface area (Å²) in [6.45, 7) is 12.4. The van der Waals surface area contributed by atoms with E-state index in [1.54, 1.807) is 31.1 Å². The summed E-state index contributed by atoms with van der Waals surface area (Å²) in [5.74, 6) is 1.34. The molecule has 10 nitrogen and oxygen atoms in total. The maximum atomic E-state index is 4.86. The Hall–Kier alpha value is -4.86. The first-order chi connectivity index (χ1) is 17.8. The van der Waals surface area contributed by atoms with Crippen LogP contribution in [0.2, 0.25) is 0 Å². The minimum Gasteiger partial charge on any atom is -0.358 e. The maximum absolute atomic E-state index is 4.86. The fraction of sp³-hybridized carbons (Fsp3) is 0.185. The molecule has 0 aliphatic carbocycles. The van der Waals surface area contributed by atoms with Crippen molar-refractivity contribution in [2.24, 2.45) is 5.41 Å². The van der Waals surface area contributed by atoms with E-state index in [2.05, 4.69) is 67.8 Å². The van der Waals surface area contributed by atoms with Gasteiger partial charge in [0, 0.05) is 40.7 Å². The van der Waals surface area contributed by atoms with Crippen LogP contribution in [-0.4, -0.2) is 44.7 Å². The highest BCUT2D eigenvalue weighted by Crippen LogP contribution is 2.31. The van der Waals surface area contributed by atoms with Crippen LogP contribution in [0.15, 0.2) is 67.8 Å². The Morgan fingerprint density at radius 3 is 2.70 bits per heavy atom. The number of aromatic nitrogens is 9. The topological polar surface area (TPSA) is 126 Å². The van der Waals surface area contributed by atoms with Crippen molar-refractivity contribution in [2.75, 3.05) is 5.32 Å². The van der Waals surface area contributed by atoms with Crippen LogP contribution in [-0.2, 0) is 0 Å². The highest BCUT2D eigenvalue weighted by Gasteiger charge is 2.18. The fourth-order valence-corrected chi connectivity index (χ4v) is 4.02. The van der Waals surface area contributed by atoms with Crippen molar-refractivity contribution in [2.45, 2.75) is 27.7 Å². The lowest BCUT2D eigenvalue weighted by atomic mass is 9.93. The number of imidazole rings is 2. The fourth-order valence-electron chi connectivity index (χ4n) is 4.02. The van der Waals surface area contributed by atoms with Crippen LogP contribution in [0.3, 0.4) is 0 Å². The van der Waals surface area contributed by atoms with Gasteiger partial charge in [-0.2, -0.15) is 5.10 Å². The van der Waals surface area contributed by atoms with Gasteiger partial charge in [0.25, 0.3) is 0 Å². The first kappa shape index (κ1) is 22.6. The average molecular weight is 491 g/mol. The van der Waals surface area contributed by atoms with Gasteiger partial charge in [-0.3, -0.25) is 19.6 Å². The monoisotopic (exact) mass is 490 g/mol. The van der Waals surface area contributed by atoms with E-state index in [0.717, 1.165) is 50.3 Å². The van der Waals surface area contributed by atoms with Crippen molar-refractivity contribution in [3.05, 3.63) is 73.5 Å². The molecule has 0 bridgehead atoms. The van der Waals surface area contributed by atoms with Gasteiger partial charge in [-0.05, 0) is 25.1 Å². The molecule has 0 spiro atoms. The second kappa shape index (κ2) is 8.37. The predicted octanol–water partition coefficient (Wildman–Crippen LogP) is 5.42. The Bertz CT molecular complexity index is 1780. The highest BCUT2D eigenvalue weighted by atomic mass is 15.2.